The van der Waals surface area contributed by atoms with Crippen LogP contribution in [0.4, 0.5) is 5.69 Å². The number of hydrogen-bond donors (Lipinski definition) is 2. The Bertz CT molecular complexity index is 997. The van der Waals surface area contributed by atoms with Crippen LogP contribution in [0, 0.1) is 0 Å². The van der Waals surface area contributed by atoms with Gasteiger partial charge >= 0.3 is 0 Å². The third kappa shape index (κ3) is 3.40. The van der Waals surface area contributed by atoms with Crippen molar-refractivity contribution in [1.29, 1.82) is 0 Å². The van der Waals surface area contributed by atoms with Gasteiger partial charge in [0.15, 0.2) is 0 Å². The molecule has 1 aromatic heterocycles. The number of H-pyrrole nitrogens is 1. The van der Waals surface area contributed by atoms with Crippen molar-refractivity contribution in [3.8, 4) is 0 Å². The Hall–Kier alpha value is -2.86. The van der Waals surface area contributed by atoms with Crippen molar-refractivity contribution >= 4 is 40.1 Å². The number of aromatic nitrogens is 2. The summed E-state index contributed by atoms with van der Waals surface area (Å²) in [4.78, 5) is 34.1. The van der Waals surface area contributed by atoms with E-state index in [9.17, 15) is 9.59 Å². The number of carbonyl (C=O) groups excluding carboxylic acids is 2. The second kappa shape index (κ2) is 7.04. The first-order valence-electron chi connectivity index (χ1n) is 8.88. The predicted molar refractivity (Wildman–Crippen MR) is 105 cm³/mol. The number of amides is 2. The van der Waals surface area contributed by atoms with Crippen LogP contribution in [0.3, 0.4) is 0 Å². The van der Waals surface area contributed by atoms with E-state index in [0.29, 0.717) is 35.1 Å². The maximum atomic E-state index is 12.7. The molecule has 1 saturated heterocycles. The lowest BCUT2D eigenvalue weighted by Gasteiger charge is -2.19. The van der Waals surface area contributed by atoms with E-state index < -0.39 is 0 Å². The van der Waals surface area contributed by atoms with E-state index in [1.54, 1.807) is 23.1 Å². The van der Waals surface area contributed by atoms with Gasteiger partial charge in [0, 0.05) is 18.5 Å². The van der Waals surface area contributed by atoms with E-state index in [-0.39, 0.29) is 17.9 Å². The van der Waals surface area contributed by atoms with Crippen molar-refractivity contribution in [3.63, 3.8) is 0 Å². The fourth-order valence-corrected chi connectivity index (χ4v) is 3.51. The summed E-state index contributed by atoms with van der Waals surface area (Å²) in [6.07, 6.45) is 1.31. The van der Waals surface area contributed by atoms with Crippen LogP contribution in [-0.4, -0.2) is 28.3 Å². The number of nitrogens with one attached hydrogen (secondary N) is 2. The highest BCUT2D eigenvalue weighted by Crippen LogP contribution is 2.30. The first-order chi connectivity index (χ1) is 13.0. The van der Waals surface area contributed by atoms with Crippen LogP contribution in [0.1, 0.15) is 42.0 Å². The number of para-hydroxylation sites is 2. The third-order valence-electron chi connectivity index (χ3n) is 4.74. The maximum Gasteiger partial charge on any atom is 0.251 e. The van der Waals surface area contributed by atoms with Crippen molar-refractivity contribution in [1.82, 2.24) is 15.3 Å². The molecule has 2 N–H and O–H groups in total. The van der Waals surface area contributed by atoms with Crippen LogP contribution >= 0.6 is 11.6 Å². The van der Waals surface area contributed by atoms with Crippen molar-refractivity contribution in [2.24, 2.45) is 0 Å². The lowest BCUT2D eigenvalue weighted by molar-refractivity contribution is -0.117. The average Bonchev–Trinajstić information content (AvgIpc) is 3.28. The molecule has 0 saturated carbocycles. The van der Waals surface area contributed by atoms with Crippen LogP contribution < -0.4 is 10.2 Å². The van der Waals surface area contributed by atoms with E-state index >= 15 is 0 Å². The lowest BCUT2D eigenvalue weighted by Crippen LogP contribution is -2.28. The Morgan fingerprint density at radius 1 is 1.30 bits per heavy atom. The number of aromatic amines is 1. The summed E-state index contributed by atoms with van der Waals surface area (Å²) < 4.78 is 0. The van der Waals surface area contributed by atoms with Gasteiger partial charge in [0.05, 0.1) is 27.8 Å². The number of rotatable bonds is 4. The normalized spacial score (nSPS) is 15.3. The number of benzene rings is 2. The van der Waals surface area contributed by atoms with Crippen molar-refractivity contribution < 1.29 is 9.59 Å². The number of imidazole rings is 1. The van der Waals surface area contributed by atoms with Gasteiger partial charge in [-0.15, -0.1) is 0 Å². The lowest BCUT2D eigenvalue weighted by atomic mass is 10.1. The van der Waals surface area contributed by atoms with Gasteiger partial charge in [-0.3, -0.25) is 9.59 Å². The van der Waals surface area contributed by atoms with Crippen LogP contribution in [0.25, 0.3) is 11.0 Å². The molecule has 2 amide bonds. The molecule has 0 spiro atoms. The molecule has 2 heterocycles. The standard InChI is InChI=1S/C20H19ClN4O2/c1-12(19-23-15-5-2-3-6-16(15)24-19)22-20(27)13-8-9-14(21)17(11-13)25-10-4-7-18(25)26/h2-3,5-6,8-9,11-12H,4,7,10H2,1H3,(H,22,27)(H,23,24). The third-order valence-corrected chi connectivity index (χ3v) is 5.06. The van der Waals surface area contributed by atoms with Crippen molar-refractivity contribution in [2.75, 3.05) is 11.4 Å². The van der Waals surface area contributed by atoms with Crippen LogP contribution in [-0.2, 0) is 4.79 Å². The molecule has 0 radical (unpaired) electrons. The minimum atomic E-state index is -0.294. The molecule has 4 rings (SSSR count). The van der Waals surface area contributed by atoms with Gasteiger partial charge in [0.2, 0.25) is 5.91 Å². The summed E-state index contributed by atoms with van der Waals surface area (Å²) in [7, 11) is 0. The van der Waals surface area contributed by atoms with Gasteiger partial charge in [0.25, 0.3) is 5.91 Å². The molecular formula is C20H19ClN4O2. The number of carbonyl (C=O) groups is 2. The molecule has 1 atom stereocenters. The monoisotopic (exact) mass is 382 g/mol. The second-order valence-corrected chi connectivity index (χ2v) is 7.06. The first-order valence-corrected chi connectivity index (χ1v) is 9.26. The summed E-state index contributed by atoms with van der Waals surface area (Å²) in [6, 6.07) is 12.4. The number of anilines is 1. The molecule has 6 nitrogen and oxygen atoms in total. The Labute approximate surface area is 161 Å². The zero-order chi connectivity index (χ0) is 19.0. The second-order valence-electron chi connectivity index (χ2n) is 6.65. The van der Waals surface area contributed by atoms with Gasteiger partial charge < -0.3 is 15.2 Å². The molecule has 27 heavy (non-hydrogen) atoms. The highest BCUT2D eigenvalue weighted by atomic mass is 35.5. The van der Waals surface area contributed by atoms with Crippen LogP contribution in [0.5, 0.6) is 0 Å². The zero-order valence-corrected chi connectivity index (χ0v) is 15.6. The van der Waals surface area contributed by atoms with E-state index in [2.05, 4.69) is 15.3 Å². The van der Waals surface area contributed by atoms with Crippen LogP contribution in [0.15, 0.2) is 42.5 Å². The van der Waals surface area contributed by atoms with Gasteiger partial charge in [-0.25, -0.2) is 4.98 Å². The van der Waals surface area contributed by atoms with Gasteiger partial charge in [-0.2, -0.15) is 0 Å². The Balaban J connectivity index is 1.54. The summed E-state index contributed by atoms with van der Waals surface area (Å²) in [5.41, 5.74) is 2.82. The molecule has 138 valence electrons. The Morgan fingerprint density at radius 2 is 2.11 bits per heavy atom. The Morgan fingerprint density at radius 3 is 2.85 bits per heavy atom. The molecular weight excluding hydrogens is 364 g/mol. The predicted octanol–water partition coefficient (Wildman–Crippen LogP) is 3.83. The minimum absolute atomic E-state index is 0.0325. The Kier molecular flexibility index (Phi) is 4.58. The number of halogens is 1. The molecule has 0 bridgehead atoms. The molecule has 3 aromatic rings. The highest BCUT2D eigenvalue weighted by Gasteiger charge is 2.25. The molecule has 2 aromatic carbocycles. The molecule has 1 unspecified atom stereocenters. The van der Waals surface area contributed by atoms with Crippen LogP contribution in [0.2, 0.25) is 5.02 Å². The van der Waals surface area contributed by atoms with Gasteiger partial charge in [-0.05, 0) is 43.7 Å². The molecule has 1 aliphatic rings. The smallest absolute Gasteiger partial charge is 0.251 e. The summed E-state index contributed by atoms with van der Waals surface area (Å²) in [5, 5.41) is 3.41. The van der Waals surface area contributed by atoms with Crippen molar-refractivity contribution in [2.45, 2.75) is 25.8 Å². The van der Waals surface area contributed by atoms with E-state index in [4.69, 9.17) is 11.6 Å². The topological polar surface area (TPSA) is 78.1 Å². The largest absolute Gasteiger partial charge is 0.342 e. The van der Waals surface area contributed by atoms with Gasteiger partial charge in [-0.1, -0.05) is 23.7 Å². The maximum absolute atomic E-state index is 12.7. The van der Waals surface area contributed by atoms with Crippen molar-refractivity contribution in [3.05, 3.63) is 58.9 Å². The fourth-order valence-electron chi connectivity index (χ4n) is 3.29. The summed E-state index contributed by atoms with van der Waals surface area (Å²) >= 11 is 6.25. The fraction of sp³-hybridized carbons (Fsp3) is 0.250. The minimum Gasteiger partial charge on any atom is -0.342 e. The molecule has 7 heteroatoms. The number of hydrogen-bond acceptors (Lipinski definition) is 3. The van der Waals surface area contributed by atoms with E-state index in [0.717, 1.165) is 17.5 Å². The number of fused-ring (bicyclic) bond motifs is 1. The molecule has 1 fully saturated rings. The number of nitrogens with zero attached hydrogens (tertiary/aromatic N) is 2. The quantitative estimate of drug-likeness (QED) is 0.719. The highest BCUT2D eigenvalue weighted by molar-refractivity contribution is 6.34. The van der Waals surface area contributed by atoms with E-state index in [1.165, 1.54) is 0 Å². The zero-order valence-electron chi connectivity index (χ0n) is 14.8. The summed E-state index contributed by atoms with van der Waals surface area (Å²) in [5.74, 6) is 0.478. The molecule has 0 aliphatic carbocycles. The SMILES string of the molecule is CC(NC(=O)c1ccc(Cl)c(N2CCCC2=O)c1)c1nc2ccccc2[nH]1. The first kappa shape index (κ1) is 17.5. The van der Waals surface area contributed by atoms with Gasteiger partial charge in [0.1, 0.15) is 5.82 Å². The molecule has 1 aliphatic heterocycles. The van der Waals surface area contributed by atoms with E-state index in [1.807, 2.05) is 31.2 Å². The average molecular weight is 383 g/mol. The summed E-state index contributed by atoms with van der Waals surface area (Å²) in [6.45, 7) is 2.50.